The van der Waals surface area contributed by atoms with E-state index in [0.717, 1.165) is 48.4 Å². The van der Waals surface area contributed by atoms with Gasteiger partial charge in [0.25, 0.3) is 5.69 Å². The van der Waals surface area contributed by atoms with E-state index in [4.69, 9.17) is 4.74 Å². The molecule has 0 N–H and O–H groups in total. The van der Waals surface area contributed by atoms with Gasteiger partial charge in [0.1, 0.15) is 22.6 Å². The second-order valence-corrected chi connectivity index (χ2v) is 11.6. The summed E-state index contributed by atoms with van der Waals surface area (Å²) in [6, 6.07) is 25.4. The van der Waals surface area contributed by atoms with E-state index in [1.54, 1.807) is 41.5 Å². The van der Waals surface area contributed by atoms with E-state index in [-0.39, 0.29) is 5.69 Å². The summed E-state index contributed by atoms with van der Waals surface area (Å²) in [5.74, 6) is 0.801. The summed E-state index contributed by atoms with van der Waals surface area (Å²) < 4.78 is 11.1. The van der Waals surface area contributed by atoms with Crippen LogP contribution in [0.15, 0.2) is 115 Å². The Morgan fingerprint density at radius 3 is 1.62 bits per heavy atom. The largest absolute Gasteiger partial charge is 0.497 e. The Labute approximate surface area is 264 Å². The quantitative estimate of drug-likeness (QED) is 0.0517. The molecule has 6 aromatic rings. The Hall–Kier alpha value is -5.60. The Kier molecular flexibility index (Phi) is 8.48. The SMILES string of the molecule is COc1ccc2sc(N=Nc3ccc(N=CC=Nc4ccc(N=Nc5sc6ccc([N+](=O)[O-])cc6[n+]5C)cc4)cc3)[n+](C)c2c1. The normalized spacial score (nSPS) is 12.2. The molecule has 0 fully saturated rings. The van der Waals surface area contributed by atoms with Gasteiger partial charge in [-0.1, -0.05) is 0 Å². The molecule has 14 heteroatoms. The van der Waals surface area contributed by atoms with Gasteiger partial charge in [-0.3, -0.25) is 20.1 Å². The number of benzene rings is 4. The molecule has 0 saturated carbocycles. The number of nitro groups is 1. The lowest BCUT2D eigenvalue weighted by molar-refractivity contribution is -0.628. The molecule has 0 spiro atoms. The standard InChI is InChI=1S/C31H25N9O3S2/c1-38-26-18-24(40(41)42)12-14-28(26)44-30(38)36-34-22-8-4-20(5-9-22)32-16-17-33-21-6-10-23(11-7-21)35-37-31-39(2)27-19-25(43-3)13-15-29(27)45-31/h4-19H,1-3H3/q+2. The van der Waals surface area contributed by atoms with Gasteiger partial charge in [-0.25, -0.2) is 9.13 Å². The Balaban J connectivity index is 1.05. The van der Waals surface area contributed by atoms with Crippen molar-refractivity contribution in [3.8, 4) is 5.75 Å². The van der Waals surface area contributed by atoms with Gasteiger partial charge in [0.05, 0.1) is 63.2 Å². The number of non-ortho nitro benzene ring substituents is 1. The molecule has 0 aliphatic rings. The molecule has 4 aromatic carbocycles. The van der Waals surface area contributed by atoms with Crippen LogP contribution in [-0.4, -0.2) is 24.5 Å². The van der Waals surface area contributed by atoms with Gasteiger partial charge in [-0.15, -0.1) is 0 Å². The third-order valence-corrected chi connectivity index (χ3v) is 8.94. The molecule has 0 amide bonds. The minimum atomic E-state index is -0.410. The van der Waals surface area contributed by atoms with Crippen LogP contribution in [0.2, 0.25) is 0 Å². The maximum absolute atomic E-state index is 11.1. The Morgan fingerprint density at radius 2 is 1.13 bits per heavy atom. The predicted molar refractivity (Wildman–Crippen MR) is 177 cm³/mol. The van der Waals surface area contributed by atoms with Crippen molar-refractivity contribution in [3.05, 3.63) is 95.0 Å². The van der Waals surface area contributed by atoms with Crippen molar-refractivity contribution in [3.63, 3.8) is 0 Å². The molecule has 2 aromatic heterocycles. The first-order valence-corrected chi connectivity index (χ1v) is 15.1. The number of thiazole rings is 2. The molecule has 0 atom stereocenters. The van der Waals surface area contributed by atoms with E-state index < -0.39 is 4.92 Å². The molecule has 222 valence electrons. The van der Waals surface area contributed by atoms with Crippen LogP contribution < -0.4 is 13.9 Å². The zero-order valence-corrected chi connectivity index (χ0v) is 25.9. The van der Waals surface area contributed by atoms with Crippen LogP contribution in [0.5, 0.6) is 5.75 Å². The minimum Gasteiger partial charge on any atom is -0.497 e. The van der Waals surface area contributed by atoms with Crippen LogP contribution in [0.4, 0.5) is 38.7 Å². The van der Waals surface area contributed by atoms with Crippen molar-refractivity contribution >= 4 is 94.2 Å². The number of ether oxygens (including phenoxy) is 1. The van der Waals surface area contributed by atoms with E-state index in [1.165, 1.54) is 23.5 Å². The molecular weight excluding hydrogens is 611 g/mol. The number of aromatic nitrogens is 2. The number of aryl methyl sites for hydroxylation is 2. The Bertz CT molecular complexity index is 2150. The molecule has 0 bridgehead atoms. The van der Waals surface area contributed by atoms with Gasteiger partial charge in [-0.05, 0) is 99.6 Å². The monoisotopic (exact) mass is 635 g/mol. The number of nitrogens with zero attached hydrogens (tertiary/aromatic N) is 9. The number of aliphatic imine (C=N–C) groups is 2. The van der Waals surface area contributed by atoms with Crippen molar-refractivity contribution in [2.75, 3.05) is 7.11 Å². The molecule has 2 heterocycles. The van der Waals surface area contributed by atoms with Crippen LogP contribution in [0.25, 0.3) is 20.4 Å². The summed E-state index contributed by atoms with van der Waals surface area (Å²) in [7, 11) is 5.42. The maximum atomic E-state index is 11.1. The van der Waals surface area contributed by atoms with E-state index in [0.29, 0.717) is 10.8 Å². The van der Waals surface area contributed by atoms with E-state index in [9.17, 15) is 10.1 Å². The fourth-order valence-electron chi connectivity index (χ4n) is 4.31. The van der Waals surface area contributed by atoms with Crippen LogP contribution in [0, 0.1) is 10.1 Å². The number of hydrogen-bond acceptors (Lipinski definition) is 11. The lowest BCUT2D eigenvalue weighted by Crippen LogP contribution is -2.25. The van der Waals surface area contributed by atoms with Crippen LogP contribution in [0.3, 0.4) is 0 Å². The first kappa shape index (κ1) is 29.5. The summed E-state index contributed by atoms with van der Waals surface area (Å²) in [5, 5.41) is 30.0. The van der Waals surface area contributed by atoms with Crippen molar-refractivity contribution in [2.45, 2.75) is 0 Å². The zero-order chi connectivity index (χ0) is 31.3. The average molecular weight is 636 g/mol. The summed E-state index contributed by atoms with van der Waals surface area (Å²) in [6.07, 6.45) is 3.25. The van der Waals surface area contributed by atoms with E-state index >= 15 is 0 Å². The smallest absolute Gasteiger partial charge is 0.409 e. The molecule has 0 unspecified atom stereocenters. The molecule has 12 nitrogen and oxygen atoms in total. The summed E-state index contributed by atoms with van der Waals surface area (Å²) in [6.45, 7) is 0. The minimum absolute atomic E-state index is 0.0389. The molecule has 0 saturated heterocycles. The lowest BCUT2D eigenvalue weighted by atomic mass is 10.3. The predicted octanol–water partition coefficient (Wildman–Crippen LogP) is 8.62. The average Bonchev–Trinajstić information content (AvgIpc) is 3.56. The van der Waals surface area contributed by atoms with Crippen LogP contribution >= 0.6 is 22.7 Å². The second kappa shape index (κ2) is 13.0. The first-order valence-electron chi connectivity index (χ1n) is 13.5. The summed E-state index contributed by atoms with van der Waals surface area (Å²) in [4.78, 5) is 19.5. The third kappa shape index (κ3) is 6.66. The van der Waals surface area contributed by atoms with Gasteiger partial charge in [0.2, 0.25) is 0 Å². The van der Waals surface area contributed by atoms with Crippen molar-refractivity contribution in [2.24, 2.45) is 44.5 Å². The number of fused-ring (bicyclic) bond motifs is 2. The molecule has 0 radical (unpaired) electrons. The van der Waals surface area contributed by atoms with Crippen LogP contribution in [0.1, 0.15) is 0 Å². The van der Waals surface area contributed by atoms with Crippen molar-refractivity contribution < 1.29 is 18.8 Å². The highest BCUT2D eigenvalue weighted by molar-refractivity contribution is 7.21. The highest BCUT2D eigenvalue weighted by Crippen LogP contribution is 2.31. The van der Waals surface area contributed by atoms with E-state index in [1.807, 2.05) is 85.4 Å². The van der Waals surface area contributed by atoms with E-state index in [2.05, 4.69) is 30.4 Å². The van der Waals surface area contributed by atoms with Crippen molar-refractivity contribution in [1.29, 1.82) is 0 Å². The number of rotatable bonds is 9. The van der Waals surface area contributed by atoms with Crippen molar-refractivity contribution in [1.82, 2.24) is 0 Å². The molecule has 0 aliphatic carbocycles. The number of nitro benzene ring substituents is 1. The van der Waals surface area contributed by atoms with Gasteiger partial charge in [0, 0.05) is 24.6 Å². The summed E-state index contributed by atoms with van der Waals surface area (Å²) >= 11 is 2.97. The maximum Gasteiger partial charge on any atom is 0.409 e. The topological polar surface area (TPSA) is 134 Å². The Morgan fingerprint density at radius 1 is 0.667 bits per heavy atom. The highest BCUT2D eigenvalue weighted by Gasteiger charge is 2.19. The number of hydrogen-bond donors (Lipinski definition) is 0. The molecule has 0 aliphatic heterocycles. The number of azo groups is 2. The third-order valence-electron chi connectivity index (χ3n) is 6.73. The second-order valence-electron chi connectivity index (χ2n) is 9.62. The van der Waals surface area contributed by atoms with Crippen LogP contribution in [-0.2, 0) is 14.1 Å². The van der Waals surface area contributed by atoms with Gasteiger partial charge < -0.3 is 4.74 Å². The van der Waals surface area contributed by atoms with Gasteiger partial charge in [0.15, 0.2) is 5.52 Å². The van der Waals surface area contributed by atoms with Gasteiger partial charge >= 0.3 is 10.3 Å². The number of methoxy groups -OCH3 is 1. The molecule has 45 heavy (non-hydrogen) atoms. The first-order chi connectivity index (χ1) is 21.9. The molecular formula is C31H25N9O3S2+2. The molecule has 6 rings (SSSR count). The lowest BCUT2D eigenvalue weighted by Gasteiger charge is -1.97. The zero-order valence-electron chi connectivity index (χ0n) is 24.3. The highest BCUT2D eigenvalue weighted by atomic mass is 32.1. The fraction of sp³-hybridized carbons (Fsp3) is 0.0968. The fourth-order valence-corrected chi connectivity index (χ4v) is 6.21. The summed E-state index contributed by atoms with van der Waals surface area (Å²) in [5.41, 5.74) is 4.69. The van der Waals surface area contributed by atoms with Gasteiger partial charge in [-0.2, -0.15) is 0 Å².